The van der Waals surface area contributed by atoms with Crippen molar-refractivity contribution >= 4 is 5.69 Å². The van der Waals surface area contributed by atoms with E-state index in [-0.39, 0.29) is 6.04 Å². The normalized spacial score (nSPS) is 15.1. The molecule has 1 unspecified atom stereocenters. The molecule has 0 spiro atoms. The number of aromatic nitrogens is 2. The van der Waals surface area contributed by atoms with E-state index in [2.05, 4.69) is 15.5 Å². The smallest absolute Gasteiger partial charge is 0.238 e. The third kappa shape index (κ3) is 2.47. The third-order valence-corrected chi connectivity index (χ3v) is 2.84. The number of anilines is 1. The summed E-state index contributed by atoms with van der Waals surface area (Å²) in [6.45, 7) is 4.91. The van der Waals surface area contributed by atoms with Crippen molar-refractivity contribution in [1.29, 1.82) is 0 Å². The fraction of sp³-hybridized carbons (Fsp3) is 0.385. The zero-order valence-electron chi connectivity index (χ0n) is 10.8. The van der Waals surface area contributed by atoms with E-state index in [0.29, 0.717) is 25.0 Å². The first-order valence-electron chi connectivity index (χ1n) is 6.18. The Balaban J connectivity index is 1.76. The molecule has 1 aromatic carbocycles. The van der Waals surface area contributed by atoms with Crippen LogP contribution in [0.3, 0.4) is 0 Å². The average molecular weight is 261 g/mol. The van der Waals surface area contributed by atoms with E-state index in [1.54, 1.807) is 6.92 Å². The summed E-state index contributed by atoms with van der Waals surface area (Å²) in [5, 5.41) is 11.1. The zero-order valence-corrected chi connectivity index (χ0v) is 10.8. The Morgan fingerprint density at radius 3 is 2.68 bits per heavy atom. The molecule has 0 saturated heterocycles. The van der Waals surface area contributed by atoms with Crippen LogP contribution in [0.4, 0.5) is 5.69 Å². The summed E-state index contributed by atoms with van der Waals surface area (Å²) >= 11 is 0. The number of hydrogen-bond donors (Lipinski definition) is 1. The summed E-state index contributed by atoms with van der Waals surface area (Å²) in [6.07, 6.45) is 0. The van der Waals surface area contributed by atoms with Crippen molar-refractivity contribution in [1.82, 2.24) is 10.2 Å². The summed E-state index contributed by atoms with van der Waals surface area (Å²) in [5.74, 6) is 2.65. The molecule has 2 heterocycles. The molecule has 0 bridgehead atoms. The fourth-order valence-electron chi connectivity index (χ4n) is 1.93. The highest BCUT2D eigenvalue weighted by Crippen LogP contribution is 2.33. The molecule has 0 aliphatic carbocycles. The van der Waals surface area contributed by atoms with Crippen LogP contribution < -0.4 is 14.8 Å². The van der Waals surface area contributed by atoms with E-state index in [0.717, 1.165) is 17.2 Å². The van der Waals surface area contributed by atoms with Crippen molar-refractivity contribution < 1.29 is 13.9 Å². The average Bonchev–Trinajstić information content (AvgIpc) is 2.85. The molecular formula is C13H15N3O3. The first-order valence-corrected chi connectivity index (χ1v) is 6.18. The molecule has 0 saturated carbocycles. The second-order valence-corrected chi connectivity index (χ2v) is 4.38. The van der Waals surface area contributed by atoms with Crippen LogP contribution in [0.5, 0.6) is 11.5 Å². The van der Waals surface area contributed by atoms with Crippen molar-refractivity contribution in [2.45, 2.75) is 19.9 Å². The van der Waals surface area contributed by atoms with E-state index < -0.39 is 0 Å². The molecule has 1 aliphatic rings. The van der Waals surface area contributed by atoms with Crippen LogP contribution in [-0.4, -0.2) is 23.4 Å². The standard InChI is InChI=1S/C13H15N3O3/c1-8(13-16-15-9(2)19-13)14-10-3-4-11-12(7-10)18-6-5-17-11/h3-4,7-8,14H,5-6H2,1-2H3. The van der Waals surface area contributed by atoms with Gasteiger partial charge in [0.05, 0.1) is 0 Å². The SMILES string of the molecule is Cc1nnc(C(C)Nc2ccc3c(c2)OCCO3)o1. The molecule has 3 rings (SSSR count). The first-order chi connectivity index (χ1) is 9.22. The maximum Gasteiger partial charge on any atom is 0.238 e. The third-order valence-electron chi connectivity index (χ3n) is 2.84. The quantitative estimate of drug-likeness (QED) is 0.914. The fourth-order valence-corrected chi connectivity index (χ4v) is 1.93. The lowest BCUT2D eigenvalue weighted by atomic mass is 10.2. The van der Waals surface area contributed by atoms with Gasteiger partial charge in [-0.15, -0.1) is 10.2 Å². The van der Waals surface area contributed by atoms with Gasteiger partial charge in [0.25, 0.3) is 0 Å². The topological polar surface area (TPSA) is 69.4 Å². The molecule has 1 N–H and O–H groups in total. The summed E-state index contributed by atoms with van der Waals surface area (Å²) in [4.78, 5) is 0. The van der Waals surface area contributed by atoms with Gasteiger partial charge in [0.2, 0.25) is 11.8 Å². The number of nitrogens with zero attached hydrogens (tertiary/aromatic N) is 2. The van der Waals surface area contributed by atoms with Crippen LogP contribution in [0.1, 0.15) is 24.7 Å². The molecule has 6 nitrogen and oxygen atoms in total. The second kappa shape index (κ2) is 4.79. The number of rotatable bonds is 3. The van der Waals surface area contributed by atoms with Crippen LogP contribution in [0, 0.1) is 6.92 Å². The molecule has 0 fully saturated rings. The first kappa shape index (κ1) is 11.8. The van der Waals surface area contributed by atoms with Crippen LogP contribution in [0.15, 0.2) is 22.6 Å². The monoisotopic (exact) mass is 261 g/mol. The van der Waals surface area contributed by atoms with Gasteiger partial charge in [-0.2, -0.15) is 0 Å². The molecule has 2 aromatic rings. The highest BCUT2D eigenvalue weighted by atomic mass is 16.6. The number of benzene rings is 1. The summed E-state index contributed by atoms with van der Waals surface area (Å²) in [7, 11) is 0. The number of aryl methyl sites for hydroxylation is 1. The molecule has 0 radical (unpaired) electrons. The van der Waals surface area contributed by atoms with Crippen molar-refractivity contribution in [2.75, 3.05) is 18.5 Å². The van der Waals surface area contributed by atoms with E-state index in [1.165, 1.54) is 0 Å². The van der Waals surface area contributed by atoms with Crippen LogP contribution in [-0.2, 0) is 0 Å². The van der Waals surface area contributed by atoms with Gasteiger partial charge in [-0.1, -0.05) is 0 Å². The number of ether oxygens (including phenoxy) is 2. The van der Waals surface area contributed by atoms with Gasteiger partial charge in [-0.25, -0.2) is 0 Å². The van der Waals surface area contributed by atoms with E-state index >= 15 is 0 Å². The Labute approximate surface area is 110 Å². The van der Waals surface area contributed by atoms with Crippen LogP contribution >= 0.6 is 0 Å². The molecule has 19 heavy (non-hydrogen) atoms. The highest BCUT2D eigenvalue weighted by Gasteiger charge is 2.15. The number of nitrogens with one attached hydrogen (secondary N) is 1. The molecule has 6 heteroatoms. The second-order valence-electron chi connectivity index (χ2n) is 4.38. The molecule has 1 atom stereocenters. The summed E-state index contributed by atoms with van der Waals surface area (Å²) in [5.41, 5.74) is 0.924. The van der Waals surface area contributed by atoms with E-state index in [1.807, 2.05) is 25.1 Å². The molecule has 1 aliphatic heterocycles. The Morgan fingerprint density at radius 2 is 1.95 bits per heavy atom. The Hall–Kier alpha value is -2.24. The molecule has 0 amide bonds. The Kier molecular flexibility index (Phi) is 2.98. The van der Waals surface area contributed by atoms with Gasteiger partial charge >= 0.3 is 0 Å². The van der Waals surface area contributed by atoms with Crippen molar-refractivity contribution in [3.05, 3.63) is 30.0 Å². The lowest BCUT2D eigenvalue weighted by molar-refractivity contribution is 0.171. The Bertz CT molecular complexity index is 582. The minimum absolute atomic E-state index is 0.0660. The van der Waals surface area contributed by atoms with Crippen LogP contribution in [0.25, 0.3) is 0 Å². The highest BCUT2D eigenvalue weighted by molar-refractivity contribution is 5.55. The predicted molar refractivity (Wildman–Crippen MR) is 68.5 cm³/mol. The minimum Gasteiger partial charge on any atom is -0.486 e. The van der Waals surface area contributed by atoms with Gasteiger partial charge in [0.1, 0.15) is 19.3 Å². The van der Waals surface area contributed by atoms with Crippen molar-refractivity contribution in [3.8, 4) is 11.5 Å². The summed E-state index contributed by atoms with van der Waals surface area (Å²) < 4.78 is 16.4. The molecule has 1 aromatic heterocycles. The van der Waals surface area contributed by atoms with Gasteiger partial charge in [0.15, 0.2) is 11.5 Å². The molecule has 100 valence electrons. The largest absolute Gasteiger partial charge is 0.486 e. The number of fused-ring (bicyclic) bond motifs is 1. The van der Waals surface area contributed by atoms with Crippen molar-refractivity contribution in [3.63, 3.8) is 0 Å². The van der Waals surface area contributed by atoms with Crippen molar-refractivity contribution in [2.24, 2.45) is 0 Å². The minimum atomic E-state index is -0.0660. The maximum absolute atomic E-state index is 5.54. The lowest BCUT2D eigenvalue weighted by Crippen LogP contribution is -2.15. The molecular weight excluding hydrogens is 246 g/mol. The van der Waals surface area contributed by atoms with Gasteiger partial charge < -0.3 is 19.2 Å². The van der Waals surface area contributed by atoms with Gasteiger partial charge in [-0.05, 0) is 19.1 Å². The van der Waals surface area contributed by atoms with Gasteiger partial charge in [0, 0.05) is 18.7 Å². The maximum atomic E-state index is 5.54. The number of hydrogen-bond acceptors (Lipinski definition) is 6. The van der Waals surface area contributed by atoms with Gasteiger partial charge in [-0.3, -0.25) is 0 Å². The van der Waals surface area contributed by atoms with E-state index in [4.69, 9.17) is 13.9 Å². The van der Waals surface area contributed by atoms with Crippen LogP contribution in [0.2, 0.25) is 0 Å². The Morgan fingerprint density at radius 1 is 1.16 bits per heavy atom. The zero-order chi connectivity index (χ0) is 13.2. The lowest BCUT2D eigenvalue weighted by Gasteiger charge is -2.20. The summed E-state index contributed by atoms with van der Waals surface area (Å²) in [6, 6.07) is 5.67. The predicted octanol–water partition coefficient (Wildman–Crippen LogP) is 2.32. The van der Waals surface area contributed by atoms with E-state index in [9.17, 15) is 0 Å².